The van der Waals surface area contributed by atoms with Gasteiger partial charge in [-0.3, -0.25) is 9.59 Å². The van der Waals surface area contributed by atoms with Crippen molar-refractivity contribution in [1.29, 1.82) is 0 Å². The van der Waals surface area contributed by atoms with Gasteiger partial charge in [-0.25, -0.2) is 0 Å². The molecule has 0 fully saturated rings. The Kier molecular flexibility index (Phi) is 60.0. The third-order valence-electron chi connectivity index (χ3n) is 14.9. The molecule has 0 aromatic rings. The second-order valence-corrected chi connectivity index (χ2v) is 22.1. The highest BCUT2D eigenvalue weighted by atomic mass is 16.5. The van der Waals surface area contributed by atoms with E-state index in [1.807, 2.05) is 0 Å². The highest BCUT2D eigenvalue weighted by Gasteiger charge is 2.20. The Morgan fingerprint density at radius 1 is 0.389 bits per heavy atom. The van der Waals surface area contributed by atoms with Crippen LogP contribution in [0.25, 0.3) is 0 Å². The molecular formula is C66H125NO5. The zero-order valence-corrected chi connectivity index (χ0v) is 48.4. The number of unbranched alkanes of at least 4 members (excludes halogenated alkanes) is 44. The highest BCUT2D eigenvalue weighted by Crippen LogP contribution is 2.18. The summed E-state index contributed by atoms with van der Waals surface area (Å²) in [5.41, 5.74) is 0. The van der Waals surface area contributed by atoms with Gasteiger partial charge >= 0.3 is 5.97 Å². The number of carbonyl (C=O) groups is 2. The maximum absolute atomic E-state index is 12.5. The summed E-state index contributed by atoms with van der Waals surface area (Å²) in [5, 5.41) is 23.4. The molecular weight excluding hydrogens is 887 g/mol. The number of rotatable bonds is 60. The van der Waals surface area contributed by atoms with Gasteiger partial charge in [-0.15, -0.1) is 0 Å². The van der Waals surface area contributed by atoms with E-state index in [9.17, 15) is 19.8 Å². The van der Waals surface area contributed by atoms with Gasteiger partial charge in [0.25, 0.3) is 0 Å². The molecule has 0 saturated carbocycles. The molecule has 0 radical (unpaired) electrons. The van der Waals surface area contributed by atoms with E-state index in [2.05, 4.69) is 55.6 Å². The van der Waals surface area contributed by atoms with Crippen molar-refractivity contribution < 1.29 is 24.5 Å². The molecule has 0 aromatic heterocycles. The van der Waals surface area contributed by atoms with Gasteiger partial charge in [0.15, 0.2) is 0 Å². The Morgan fingerprint density at radius 2 is 0.694 bits per heavy atom. The van der Waals surface area contributed by atoms with E-state index in [1.165, 1.54) is 238 Å². The molecule has 0 aromatic carbocycles. The lowest BCUT2D eigenvalue weighted by atomic mass is 10.0. The molecule has 0 aliphatic rings. The van der Waals surface area contributed by atoms with E-state index in [4.69, 9.17) is 4.74 Å². The van der Waals surface area contributed by atoms with Gasteiger partial charge < -0.3 is 20.3 Å². The van der Waals surface area contributed by atoms with Gasteiger partial charge in [-0.2, -0.15) is 0 Å². The molecule has 3 N–H and O–H groups in total. The standard InChI is InChI=1S/C66H125NO5/c1-3-5-7-9-11-13-15-17-19-21-23-24-25-26-27-30-34-38-42-46-50-54-58-64(69)63(62-68)67-65(70)59-55-51-47-43-39-35-31-29-33-37-41-45-49-53-57-61-72-66(71)60-56-52-48-44-40-36-32-28-22-20-18-16-14-12-10-8-6-4-2/h20,22,29,33,37,41,63-64,68-69H,3-19,21,23-28,30-32,34-36,38-40,42-62H2,1-2H3,(H,67,70)/b22-20-,33-29-,41-37-. The molecule has 6 nitrogen and oxygen atoms in total. The fraction of sp³-hybridized carbons (Fsp3) is 0.879. The van der Waals surface area contributed by atoms with Crippen molar-refractivity contribution in [2.75, 3.05) is 13.2 Å². The Labute approximate surface area is 449 Å². The first-order valence-electron chi connectivity index (χ1n) is 32.3. The maximum atomic E-state index is 12.5. The minimum Gasteiger partial charge on any atom is -0.466 e. The number of hydrogen-bond acceptors (Lipinski definition) is 5. The number of carbonyl (C=O) groups excluding carboxylic acids is 2. The molecule has 0 heterocycles. The fourth-order valence-electron chi connectivity index (χ4n) is 9.98. The minimum absolute atomic E-state index is 0.0239. The lowest BCUT2D eigenvalue weighted by molar-refractivity contribution is -0.143. The molecule has 0 spiro atoms. The molecule has 1 amide bonds. The lowest BCUT2D eigenvalue weighted by Gasteiger charge is -2.22. The van der Waals surface area contributed by atoms with Crippen LogP contribution in [0.15, 0.2) is 36.5 Å². The summed E-state index contributed by atoms with van der Waals surface area (Å²) in [6.45, 7) is 4.92. The molecule has 424 valence electrons. The molecule has 6 heteroatoms. The summed E-state index contributed by atoms with van der Waals surface area (Å²) >= 11 is 0. The van der Waals surface area contributed by atoms with Crippen molar-refractivity contribution in [3.8, 4) is 0 Å². The molecule has 2 unspecified atom stereocenters. The molecule has 0 aliphatic heterocycles. The molecule has 0 bridgehead atoms. The van der Waals surface area contributed by atoms with Crippen LogP contribution in [-0.4, -0.2) is 47.4 Å². The molecule has 0 rings (SSSR count). The molecule has 72 heavy (non-hydrogen) atoms. The van der Waals surface area contributed by atoms with E-state index in [0.29, 0.717) is 25.9 Å². The van der Waals surface area contributed by atoms with Crippen molar-refractivity contribution in [2.45, 2.75) is 360 Å². The van der Waals surface area contributed by atoms with Crippen LogP contribution < -0.4 is 5.32 Å². The predicted molar refractivity (Wildman–Crippen MR) is 315 cm³/mol. The zero-order valence-electron chi connectivity index (χ0n) is 48.4. The van der Waals surface area contributed by atoms with E-state index >= 15 is 0 Å². The summed E-state index contributed by atoms with van der Waals surface area (Å²) in [6.07, 6.45) is 77.3. The number of amides is 1. The Balaban J connectivity index is 3.50. The maximum Gasteiger partial charge on any atom is 0.305 e. The largest absolute Gasteiger partial charge is 0.466 e. The van der Waals surface area contributed by atoms with Gasteiger partial charge in [-0.1, -0.05) is 288 Å². The monoisotopic (exact) mass is 1010 g/mol. The van der Waals surface area contributed by atoms with E-state index in [-0.39, 0.29) is 18.5 Å². The first-order valence-corrected chi connectivity index (χ1v) is 32.3. The van der Waals surface area contributed by atoms with Gasteiger partial charge in [-0.05, 0) is 83.5 Å². The lowest BCUT2D eigenvalue weighted by Crippen LogP contribution is -2.45. The van der Waals surface area contributed by atoms with Gasteiger partial charge in [0.05, 0.1) is 25.4 Å². The molecule has 2 atom stereocenters. The first kappa shape index (κ1) is 70.1. The second kappa shape index (κ2) is 61.6. The van der Waals surface area contributed by atoms with Crippen molar-refractivity contribution in [1.82, 2.24) is 5.32 Å². The first-order chi connectivity index (χ1) is 35.5. The fourth-order valence-corrected chi connectivity index (χ4v) is 9.98. The number of nitrogens with one attached hydrogen (secondary N) is 1. The van der Waals surface area contributed by atoms with E-state index in [1.54, 1.807) is 0 Å². The number of aliphatic hydroxyl groups excluding tert-OH is 2. The summed E-state index contributed by atoms with van der Waals surface area (Å²) in [5.74, 6) is -0.0785. The summed E-state index contributed by atoms with van der Waals surface area (Å²) in [6, 6.07) is -0.560. The van der Waals surface area contributed by atoms with Crippen LogP contribution in [0.4, 0.5) is 0 Å². The average molecular weight is 1010 g/mol. The smallest absolute Gasteiger partial charge is 0.305 e. The number of allylic oxidation sites excluding steroid dienone is 6. The summed E-state index contributed by atoms with van der Waals surface area (Å²) in [4.78, 5) is 24.6. The van der Waals surface area contributed by atoms with Crippen LogP contribution in [0.1, 0.15) is 348 Å². The number of esters is 1. The van der Waals surface area contributed by atoms with E-state index < -0.39 is 12.1 Å². The highest BCUT2D eigenvalue weighted by molar-refractivity contribution is 5.76. The zero-order chi connectivity index (χ0) is 52.2. The van der Waals surface area contributed by atoms with Crippen LogP contribution in [0, 0.1) is 0 Å². The normalized spacial score (nSPS) is 12.8. The SMILES string of the molecule is CCCCCCCCC/C=C\CCCCCCCCCC(=O)OCCCCC/C=C\C=C/CCCCCCCCC(=O)NC(CO)C(O)CCCCCCCCCCCCCCCCCCCCCCCC. The number of aliphatic hydroxyl groups is 2. The van der Waals surface area contributed by atoms with Crippen LogP contribution in [0.2, 0.25) is 0 Å². The van der Waals surface area contributed by atoms with Crippen LogP contribution in [0.3, 0.4) is 0 Å². The van der Waals surface area contributed by atoms with E-state index in [0.717, 1.165) is 77.0 Å². The third-order valence-corrected chi connectivity index (χ3v) is 14.9. The van der Waals surface area contributed by atoms with Crippen LogP contribution in [-0.2, 0) is 14.3 Å². The van der Waals surface area contributed by atoms with Crippen molar-refractivity contribution in [3.05, 3.63) is 36.5 Å². The second-order valence-electron chi connectivity index (χ2n) is 22.1. The van der Waals surface area contributed by atoms with Gasteiger partial charge in [0, 0.05) is 12.8 Å². The number of hydrogen-bond donors (Lipinski definition) is 3. The van der Waals surface area contributed by atoms with Crippen molar-refractivity contribution >= 4 is 11.9 Å². The Bertz CT molecular complexity index is 1170. The van der Waals surface area contributed by atoms with Crippen LogP contribution in [0.5, 0.6) is 0 Å². The predicted octanol–water partition coefficient (Wildman–Crippen LogP) is 20.4. The van der Waals surface area contributed by atoms with Crippen molar-refractivity contribution in [3.63, 3.8) is 0 Å². The molecule has 0 aliphatic carbocycles. The minimum atomic E-state index is -0.681. The average Bonchev–Trinajstić information content (AvgIpc) is 3.38. The van der Waals surface area contributed by atoms with Gasteiger partial charge in [0.2, 0.25) is 5.91 Å². The summed E-state index contributed by atoms with van der Waals surface area (Å²) < 4.78 is 5.46. The Hall–Kier alpha value is -1.92. The quantitative estimate of drug-likeness (QED) is 0.0244. The topological polar surface area (TPSA) is 95.9 Å². The third kappa shape index (κ3) is 57.4. The van der Waals surface area contributed by atoms with Crippen molar-refractivity contribution in [2.24, 2.45) is 0 Å². The molecule has 0 saturated heterocycles. The van der Waals surface area contributed by atoms with Crippen LogP contribution >= 0.6 is 0 Å². The Morgan fingerprint density at radius 3 is 1.07 bits per heavy atom. The number of ether oxygens (including phenoxy) is 1. The van der Waals surface area contributed by atoms with Gasteiger partial charge in [0.1, 0.15) is 0 Å². The summed E-state index contributed by atoms with van der Waals surface area (Å²) in [7, 11) is 0.